The van der Waals surface area contributed by atoms with Gasteiger partial charge in [0.05, 0.1) is 11.3 Å². The molecular weight excluding hydrogens is 196 g/mol. The monoisotopic (exact) mass is 202 g/mol. The molecule has 1 aromatic carbocycles. The van der Waals surface area contributed by atoms with Gasteiger partial charge in [-0.05, 0) is 28.6 Å². The quantitative estimate of drug-likeness (QED) is 0.623. The van der Waals surface area contributed by atoms with Gasteiger partial charge >= 0.3 is 5.97 Å². The first-order valence-electron chi connectivity index (χ1n) is 4.38. The number of ether oxygens (including phenoxy) is 1. The highest BCUT2D eigenvalue weighted by atomic mass is 16.5. The van der Waals surface area contributed by atoms with Crippen molar-refractivity contribution in [3.63, 3.8) is 0 Å². The van der Waals surface area contributed by atoms with Gasteiger partial charge in [-0.1, -0.05) is 0 Å². The van der Waals surface area contributed by atoms with Gasteiger partial charge in [0.15, 0.2) is 0 Å². The third-order valence-electron chi connectivity index (χ3n) is 2.28. The molecule has 0 saturated heterocycles. The number of aromatic nitrogens is 4. The first kappa shape index (κ1) is 8.10. The molecule has 2 heterocycles. The molecule has 0 unspecified atom stereocenters. The molecule has 0 amide bonds. The summed E-state index contributed by atoms with van der Waals surface area (Å²) in [6.07, 6.45) is 1.50. The maximum Gasteiger partial charge on any atom is 0.338 e. The maximum absolute atomic E-state index is 11.2. The highest BCUT2D eigenvalue weighted by Gasteiger charge is 2.21. The second kappa shape index (κ2) is 2.88. The Morgan fingerprint density at radius 2 is 2.33 bits per heavy atom. The number of carbonyl (C=O) groups excluding carboxylic acids is 1. The summed E-state index contributed by atoms with van der Waals surface area (Å²) in [5, 5.41) is 10.8. The molecule has 6 heteroatoms. The minimum absolute atomic E-state index is 0.270. The Morgan fingerprint density at radius 1 is 1.40 bits per heavy atom. The number of hydrogen-bond donors (Lipinski definition) is 0. The van der Waals surface area contributed by atoms with E-state index in [1.54, 1.807) is 12.1 Å². The Kier molecular flexibility index (Phi) is 1.55. The summed E-state index contributed by atoms with van der Waals surface area (Å²) in [6.45, 7) is 0.324. The zero-order valence-electron chi connectivity index (χ0n) is 7.62. The highest BCUT2D eigenvalue weighted by Crippen LogP contribution is 2.22. The van der Waals surface area contributed by atoms with Crippen LogP contribution in [0, 0.1) is 0 Å². The van der Waals surface area contributed by atoms with Crippen molar-refractivity contribution in [2.45, 2.75) is 6.61 Å². The molecule has 0 radical (unpaired) electrons. The topological polar surface area (TPSA) is 69.9 Å². The van der Waals surface area contributed by atoms with Crippen LogP contribution in [0.25, 0.3) is 5.69 Å². The average molecular weight is 202 g/mol. The fourth-order valence-electron chi connectivity index (χ4n) is 1.54. The number of carbonyl (C=O) groups is 1. The van der Waals surface area contributed by atoms with Gasteiger partial charge in [0.2, 0.25) is 0 Å². The molecule has 1 aliphatic rings. The van der Waals surface area contributed by atoms with Crippen molar-refractivity contribution in [2.75, 3.05) is 0 Å². The number of fused-ring (bicyclic) bond motifs is 1. The van der Waals surface area contributed by atoms with E-state index in [-0.39, 0.29) is 5.97 Å². The molecule has 15 heavy (non-hydrogen) atoms. The molecule has 6 nitrogen and oxygen atoms in total. The molecule has 74 valence electrons. The number of rotatable bonds is 1. The summed E-state index contributed by atoms with van der Waals surface area (Å²) in [4.78, 5) is 11.2. The lowest BCUT2D eigenvalue weighted by atomic mass is 10.1. The van der Waals surface area contributed by atoms with Crippen LogP contribution in [-0.4, -0.2) is 26.2 Å². The van der Waals surface area contributed by atoms with E-state index < -0.39 is 0 Å². The SMILES string of the molecule is O=C1OCc2cc(-n3cnnn3)ccc21. The molecule has 0 aliphatic carbocycles. The van der Waals surface area contributed by atoms with E-state index in [9.17, 15) is 4.79 Å². The van der Waals surface area contributed by atoms with E-state index in [0.29, 0.717) is 12.2 Å². The molecule has 3 rings (SSSR count). The summed E-state index contributed by atoms with van der Waals surface area (Å²) in [7, 11) is 0. The van der Waals surface area contributed by atoms with E-state index in [1.807, 2.05) is 6.07 Å². The molecule has 0 fully saturated rings. The predicted octanol–water partition coefficient (Wildman–Crippen LogP) is 0.333. The molecule has 1 aromatic heterocycles. The number of nitrogens with zero attached hydrogens (tertiary/aromatic N) is 4. The number of cyclic esters (lactones) is 1. The Bertz CT molecular complexity index is 521. The maximum atomic E-state index is 11.2. The van der Waals surface area contributed by atoms with Crippen molar-refractivity contribution < 1.29 is 9.53 Å². The Hall–Kier alpha value is -2.24. The van der Waals surface area contributed by atoms with Gasteiger partial charge in [0, 0.05) is 5.56 Å². The van der Waals surface area contributed by atoms with Crippen LogP contribution < -0.4 is 0 Å². The van der Waals surface area contributed by atoms with E-state index >= 15 is 0 Å². The number of esters is 1. The summed E-state index contributed by atoms with van der Waals surface area (Å²) >= 11 is 0. The molecular formula is C9H6N4O2. The predicted molar refractivity (Wildman–Crippen MR) is 48.3 cm³/mol. The average Bonchev–Trinajstić information content (AvgIpc) is 2.88. The van der Waals surface area contributed by atoms with Crippen LogP contribution in [0.2, 0.25) is 0 Å². The van der Waals surface area contributed by atoms with Crippen LogP contribution in [0.1, 0.15) is 15.9 Å². The Morgan fingerprint density at radius 3 is 3.13 bits per heavy atom. The fraction of sp³-hybridized carbons (Fsp3) is 0.111. The van der Waals surface area contributed by atoms with E-state index in [1.165, 1.54) is 11.0 Å². The van der Waals surface area contributed by atoms with Gasteiger partial charge in [0.25, 0.3) is 0 Å². The van der Waals surface area contributed by atoms with Gasteiger partial charge in [-0.3, -0.25) is 0 Å². The zero-order chi connectivity index (χ0) is 10.3. The highest BCUT2D eigenvalue weighted by molar-refractivity contribution is 5.93. The van der Waals surface area contributed by atoms with Gasteiger partial charge in [-0.25, -0.2) is 9.48 Å². The summed E-state index contributed by atoms with van der Waals surface area (Å²) in [5.74, 6) is -0.270. The molecule has 0 spiro atoms. The summed E-state index contributed by atoms with van der Waals surface area (Å²) in [5.41, 5.74) is 2.30. The van der Waals surface area contributed by atoms with Crippen LogP contribution in [0.15, 0.2) is 24.5 Å². The molecule has 0 N–H and O–H groups in total. The fourth-order valence-corrected chi connectivity index (χ4v) is 1.54. The van der Waals surface area contributed by atoms with E-state index in [2.05, 4.69) is 15.5 Å². The van der Waals surface area contributed by atoms with Crippen molar-refractivity contribution in [2.24, 2.45) is 0 Å². The largest absolute Gasteiger partial charge is 0.457 e. The van der Waals surface area contributed by atoms with Gasteiger partial charge in [0.1, 0.15) is 12.9 Å². The summed E-state index contributed by atoms with van der Waals surface area (Å²) in [6, 6.07) is 5.35. The van der Waals surface area contributed by atoms with Gasteiger partial charge < -0.3 is 4.74 Å². The minimum Gasteiger partial charge on any atom is -0.457 e. The van der Waals surface area contributed by atoms with Crippen molar-refractivity contribution >= 4 is 5.97 Å². The van der Waals surface area contributed by atoms with Crippen LogP contribution in [0.3, 0.4) is 0 Å². The lowest BCUT2D eigenvalue weighted by Crippen LogP contribution is -1.98. The van der Waals surface area contributed by atoms with Crippen molar-refractivity contribution in [1.82, 2.24) is 20.2 Å². The van der Waals surface area contributed by atoms with E-state index in [0.717, 1.165) is 11.3 Å². The molecule has 0 bridgehead atoms. The summed E-state index contributed by atoms with van der Waals surface area (Å²) < 4.78 is 6.43. The van der Waals surface area contributed by atoms with Crippen LogP contribution in [-0.2, 0) is 11.3 Å². The second-order valence-electron chi connectivity index (χ2n) is 3.17. The zero-order valence-corrected chi connectivity index (χ0v) is 7.62. The number of tetrazole rings is 1. The Balaban J connectivity index is 2.11. The first-order valence-corrected chi connectivity index (χ1v) is 4.38. The standard InChI is InChI=1S/C9H6N4O2/c14-9-8-2-1-7(3-6(8)4-15-9)13-5-10-11-12-13/h1-3,5H,4H2. The first-order chi connectivity index (χ1) is 7.34. The normalized spacial score (nSPS) is 13.7. The van der Waals surface area contributed by atoms with Crippen molar-refractivity contribution in [3.05, 3.63) is 35.7 Å². The van der Waals surface area contributed by atoms with Crippen LogP contribution >= 0.6 is 0 Å². The second-order valence-corrected chi connectivity index (χ2v) is 3.17. The van der Waals surface area contributed by atoms with Gasteiger partial charge in [-0.15, -0.1) is 5.10 Å². The number of benzene rings is 1. The molecule has 0 saturated carbocycles. The molecule has 1 aliphatic heterocycles. The van der Waals surface area contributed by atoms with Gasteiger partial charge in [-0.2, -0.15) is 0 Å². The molecule has 0 atom stereocenters. The third-order valence-corrected chi connectivity index (χ3v) is 2.28. The minimum atomic E-state index is -0.270. The van der Waals surface area contributed by atoms with Crippen LogP contribution in [0.4, 0.5) is 0 Å². The smallest absolute Gasteiger partial charge is 0.338 e. The molecule has 2 aromatic rings. The lowest BCUT2D eigenvalue weighted by Gasteiger charge is -2.00. The Labute approximate surface area is 84.5 Å². The van der Waals surface area contributed by atoms with Crippen molar-refractivity contribution in [1.29, 1.82) is 0 Å². The van der Waals surface area contributed by atoms with E-state index in [4.69, 9.17) is 4.74 Å². The lowest BCUT2D eigenvalue weighted by molar-refractivity contribution is 0.0535. The van der Waals surface area contributed by atoms with Crippen LogP contribution in [0.5, 0.6) is 0 Å². The number of hydrogen-bond acceptors (Lipinski definition) is 5. The third kappa shape index (κ3) is 1.18. The van der Waals surface area contributed by atoms with Crippen molar-refractivity contribution in [3.8, 4) is 5.69 Å².